The SMILES string of the molecule is CNc1nn(C)c(=S)s1. The molecule has 0 saturated heterocycles. The number of nitrogens with zero attached hydrogens (tertiary/aromatic N) is 2. The van der Waals surface area contributed by atoms with E-state index in [2.05, 4.69) is 10.4 Å². The first-order valence-electron chi connectivity index (χ1n) is 2.46. The van der Waals surface area contributed by atoms with Gasteiger partial charge in [0.1, 0.15) is 0 Å². The van der Waals surface area contributed by atoms with Gasteiger partial charge >= 0.3 is 0 Å². The number of rotatable bonds is 1. The van der Waals surface area contributed by atoms with Crippen LogP contribution >= 0.6 is 23.6 Å². The van der Waals surface area contributed by atoms with Crippen LogP contribution < -0.4 is 5.32 Å². The molecule has 3 nitrogen and oxygen atoms in total. The van der Waals surface area contributed by atoms with Gasteiger partial charge in [0.15, 0.2) is 3.95 Å². The van der Waals surface area contributed by atoms with E-state index in [1.807, 2.05) is 14.1 Å². The fourth-order valence-electron chi connectivity index (χ4n) is 0.447. The minimum absolute atomic E-state index is 0.791. The number of hydrogen-bond donors (Lipinski definition) is 1. The van der Waals surface area contributed by atoms with Crippen molar-refractivity contribution in [3.05, 3.63) is 3.95 Å². The highest BCUT2D eigenvalue weighted by atomic mass is 32.1. The van der Waals surface area contributed by atoms with Crippen molar-refractivity contribution in [1.29, 1.82) is 0 Å². The summed E-state index contributed by atoms with van der Waals surface area (Å²) in [5, 5.41) is 7.82. The second-order valence-corrected chi connectivity index (χ2v) is 3.17. The van der Waals surface area contributed by atoms with Crippen molar-refractivity contribution in [2.75, 3.05) is 12.4 Å². The van der Waals surface area contributed by atoms with Crippen molar-refractivity contribution in [1.82, 2.24) is 9.78 Å². The summed E-state index contributed by atoms with van der Waals surface area (Å²) in [6.45, 7) is 0. The number of aryl methyl sites for hydroxylation is 1. The Balaban J connectivity index is 3.13. The lowest BCUT2D eigenvalue weighted by atomic mass is 11.1. The van der Waals surface area contributed by atoms with Crippen LogP contribution in [0.5, 0.6) is 0 Å². The summed E-state index contributed by atoms with van der Waals surface area (Å²) in [7, 11) is 3.66. The van der Waals surface area contributed by atoms with E-state index in [0.29, 0.717) is 0 Å². The van der Waals surface area contributed by atoms with Crippen LogP contribution in [0.2, 0.25) is 0 Å². The highest BCUT2D eigenvalue weighted by molar-refractivity contribution is 7.73. The second-order valence-electron chi connectivity index (χ2n) is 1.55. The average Bonchev–Trinajstić information content (AvgIpc) is 2.13. The summed E-state index contributed by atoms with van der Waals surface area (Å²) in [5.74, 6) is 0. The molecule has 50 valence electrons. The normalized spacial score (nSPS) is 9.56. The van der Waals surface area contributed by atoms with E-state index >= 15 is 0 Å². The molecule has 0 aliphatic carbocycles. The van der Waals surface area contributed by atoms with E-state index < -0.39 is 0 Å². The predicted octanol–water partition coefficient (Wildman–Crippen LogP) is 1.25. The van der Waals surface area contributed by atoms with Crippen molar-refractivity contribution >= 4 is 28.7 Å². The third-order valence-electron chi connectivity index (χ3n) is 0.903. The summed E-state index contributed by atoms with van der Waals surface area (Å²) < 4.78 is 2.46. The minimum Gasteiger partial charge on any atom is -0.363 e. The van der Waals surface area contributed by atoms with Crippen molar-refractivity contribution in [3.8, 4) is 0 Å². The van der Waals surface area contributed by atoms with E-state index in [-0.39, 0.29) is 0 Å². The number of hydrogen-bond acceptors (Lipinski definition) is 4. The van der Waals surface area contributed by atoms with E-state index in [1.165, 1.54) is 11.3 Å². The van der Waals surface area contributed by atoms with Gasteiger partial charge < -0.3 is 5.32 Å². The fourth-order valence-corrected chi connectivity index (χ4v) is 1.33. The molecule has 0 aliphatic rings. The molecule has 0 unspecified atom stereocenters. The van der Waals surface area contributed by atoms with Gasteiger partial charge in [0.25, 0.3) is 0 Å². The van der Waals surface area contributed by atoms with Gasteiger partial charge in [-0.1, -0.05) is 11.3 Å². The summed E-state index contributed by atoms with van der Waals surface area (Å²) in [5.41, 5.74) is 0. The maximum Gasteiger partial charge on any atom is 0.204 e. The van der Waals surface area contributed by atoms with Gasteiger partial charge in [-0.25, -0.2) is 4.68 Å². The van der Waals surface area contributed by atoms with Crippen molar-refractivity contribution in [3.63, 3.8) is 0 Å². The van der Waals surface area contributed by atoms with E-state index in [0.717, 1.165) is 9.09 Å². The van der Waals surface area contributed by atoms with Crippen LogP contribution in [0.15, 0.2) is 0 Å². The van der Waals surface area contributed by atoms with Crippen molar-refractivity contribution in [2.45, 2.75) is 0 Å². The largest absolute Gasteiger partial charge is 0.363 e. The first-order valence-corrected chi connectivity index (χ1v) is 3.68. The highest BCUT2D eigenvalue weighted by Gasteiger charge is 1.93. The molecule has 1 heterocycles. The molecule has 0 atom stereocenters. The molecule has 0 bridgehead atoms. The number of aromatic nitrogens is 2. The molecule has 0 spiro atoms. The molecule has 0 aromatic carbocycles. The quantitative estimate of drug-likeness (QED) is 0.629. The van der Waals surface area contributed by atoms with Crippen molar-refractivity contribution in [2.24, 2.45) is 7.05 Å². The molecule has 0 amide bonds. The van der Waals surface area contributed by atoms with Crippen LogP contribution in [0.1, 0.15) is 0 Å². The Bertz CT molecular complexity index is 249. The van der Waals surface area contributed by atoms with Crippen LogP contribution in [0.4, 0.5) is 5.13 Å². The first kappa shape index (κ1) is 6.70. The summed E-state index contributed by atoms with van der Waals surface area (Å²) >= 11 is 6.39. The first-order chi connectivity index (χ1) is 4.24. The number of anilines is 1. The Labute approximate surface area is 62.3 Å². The second kappa shape index (κ2) is 2.45. The van der Waals surface area contributed by atoms with Gasteiger partial charge in [0.05, 0.1) is 0 Å². The molecule has 1 aromatic heterocycles. The van der Waals surface area contributed by atoms with E-state index in [4.69, 9.17) is 12.2 Å². The van der Waals surface area contributed by atoms with Gasteiger partial charge in [-0.05, 0) is 12.2 Å². The van der Waals surface area contributed by atoms with E-state index in [1.54, 1.807) is 4.68 Å². The maximum atomic E-state index is 4.92. The highest BCUT2D eigenvalue weighted by Crippen LogP contribution is 2.10. The summed E-state index contributed by atoms with van der Waals surface area (Å²) in [6.07, 6.45) is 0. The lowest BCUT2D eigenvalue weighted by Crippen LogP contribution is -1.92. The third kappa shape index (κ3) is 1.28. The Kier molecular flexibility index (Phi) is 1.82. The zero-order chi connectivity index (χ0) is 6.85. The number of nitrogens with one attached hydrogen (secondary N) is 1. The lowest BCUT2D eigenvalue weighted by molar-refractivity contribution is 0.762. The van der Waals surface area contributed by atoms with Crippen LogP contribution in [0, 0.1) is 3.95 Å². The summed E-state index contributed by atoms with van der Waals surface area (Å²) in [6, 6.07) is 0. The molecule has 0 aliphatic heterocycles. The molecule has 1 rings (SSSR count). The molecule has 1 N–H and O–H groups in total. The molecular weight excluding hydrogens is 154 g/mol. The Morgan fingerprint density at radius 1 is 1.78 bits per heavy atom. The van der Waals surface area contributed by atoms with Gasteiger partial charge in [0.2, 0.25) is 5.13 Å². The van der Waals surface area contributed by atoms with Gasteiger partial charge in [0, 0.05) is 14.1 Å². The van der Waals surface area contributed by atoms with Gasteiger partial charge in [-0.3, -0.25) is 0 Å². The zero-order valence-electron chi connectivity index (χ0n) is 5.21. The minimum atomic E-state index is 0.791. The van der Waals surface area contributed by atoms with Crippen LogP contribution in [0.3, 0.4) is 0 Å². The topological polar surface area (TPSA) is 29.9 Å². The third-order valence-corrected chi connectivity index (χ3v) is 2.34. The Morgan fingerprint density at radius 3 is 2.67 bits per heavy atom. The smallest absolute Gasteiger partial charge is 0.204 e. The zero-order valence-corrected chi connectivity index (χ0v) is 6.84. The predicted molar refractivity (Wildman–Crippen MR) is 41.5 cm³/mol. The van der Waals surface area contributed by atoms with Crippen LogP contribution in [-0.4, -0.2) is 16.8 Å². The molecule has 1 aromatic rings. The Morgan fingerprint density at radius 2 is 2.44 bits per heavy atom. The van der Waals surface area contributed by atoms with E-state index in [9.17, 15) is 0 Å². The van der Waals surface area contributed by atoms with Crippen LogP contribution in [0.25, 0.3) is 0 Å². The Hall–Kier alpha value is -0.420. The average molecular weight is 161 g/mol. The molecule has 0 fully saturated rings. The monoisotopic (exact) mass is 161 g/mol. The fraction of sp³-hybridized carbons (Fsp3) is 0.500. The molecule has 5 heteroatoms. The van der Waals surface area contributed by atoms with Gasteiger partial charge in [-0.15, -0.1) is 5.10 Å². The molecular formula is C4H7N3S2. The molecule has 0 saturated carbocycles. The van der Waals surface area contributed by atoms with Gasteiger partial charge in [-0.2, -0.15) is 0 Å². The van der Waals surface area contributed by atoms with Crippen LogP contribution in [-0.2, 0) is 7.05 Å². The summed E-state index contributed by atoms with van der Waals surface area (Å²) in [4.78, 5) is 0. The van der Waals surface area contributed by atoms with Crippen molar-refractivity contribution < 1.29 is 0 Å². The molecule has 9 heavy (non-hydrogen) atoms. The standard InChI is InChI=1S/C4H7N3S2/c1-5-3-6-7(2)4(8)9-3/h1-2H3,(H,5,6). The lowest BCUT2D eigenvalue weighted by Gasteiger charge is -1.85. The maximum absolute atomic E-state index is 4.92. The molecule has 0 radical (unpaired) electrons.